The van der Waals surface area contributed by atoms with Crippen molar-refractivity contribution in [3.05, 3.63) is 29.6 Å². The molecule has 2 N–H and O–H groups in total. The summed E-state index contributed by atoms with van der Waals surface area (Å²) in [5, 5.41) is 15.0. The number of halogens is 1. The standard InChI is InChI=1S/C15H16FN3O/c16-11-4-5-13(10(6-11)7-17)19-15(20)14-12-3-1-2-9(12)8-18-14/h4-6,9,12,14,18H,1-3,8H2,(H,19,20). The van der Waals surface area contributed by atoms with Crippen LogP contribution in [0.15, 0.2) is 18.2 Å². The van der Waals surface area contributed by atoms with Crippen molar-refractivity contribution < 1.29 is 9.18 Å². The summed E-state index contributed by atoms with van der Waals surface area (Å²) in [7, 11) is 0. The lowest BCUT2D eigenvalue weighted by Gasteiger charge is -2.18. The number of amides is 1. The lowest BCUT2D eigenvalue weighted by atomic mass is 9.93. The maximum absolute atomic E-state index is 13.1. The van der Waals surface area contributed by atoms with E-state index in [1.54, 1.807) is 0 Å². The first-order chi connectivity index (χ1) is 9.69. The Hall–Kier alpha value is -1.93. The molecule has 3 rings (SSSR count). The van der Waals surface area contributed by atoms with Crippen LogP contribution in [0.5, 0.6) is 0 Å². The molecule has 1 aromatic rings. The highest BCUT2D eigenvalue weighted by atomic mass is 19.1. The summed E-state index contributed by atoms with van der Waals surface area (Å²) in [4.78, 5) is 12.3. The van der Waals surface area contributed by atoms with Crippen LogP contribution in [0.4, 0.5) is 10.1 Å². The van der Waals surface area contributed by atoms with Crippen LogP contribution in [0.3, 0.4) is 0 Å². The van der Waals surface area contributed by atoms with Gasteiger partial charge in [-0.15, -0.1) is 0 Å². The Balaban J connectivity index is 1.75. The summed E-state index contributed by atoms with van der Waals surface area (Å²) in [5.41, 5.74) is 0.529. The summed E-state index contributed by atoms with van der Waals surface area (Å²) in [5.74, 6) is 0.382. The SMILES string of the molecule is N#Cc1cc(F)ccc1NC(=O)C1NCC2CCCC21. The van der Waals surface area contributed by atoms with Gasteiger partial charge in [-0.1, -0.05) is 6.42 Å². The minimum atomic E-state index is -0.477. The van der Waals surface area contributed by atoms with Gasteiger partial charge in [0.1, 0.15) is 11.9 Å². The largest absolute Gasteiger partial charge is 0.324 e. The van der Waals surface area contributed by atoms with E-state index in [2.05, 4.69) is 10.6 Å². The number of nitrogens with zero attached hydrogens (tertiary/aromatic N) is 1. The van der Waals surface area contributed by atoms with E-state index in [9.17, 15) is 9.18 Å². The van der Waals surface area contributed by atoms with Crippen molar-refractivity contribution >= 4 is 11.6 Å². The van der Waals surface area contributed by atoms with Crippen LogP contribution in [0.2, 0.25) is 0 Å². The Labute approximate surface area is 117 Å². The molecule has 1 aromatic carbocycles. The topological polar surface area (TPSA) is 64.9 Å². The number of carbonyl (C=O) groups excluding carboxylic acids is 1. The molecule has 0 aromatic heterocycles. The fourth-order valence-electron chi connectivity index (χ4n) is 3.40. The predicted molar refractivity (Wildman–Crippen MR) is 72.4 cm³/mol. The minimum absolute atomic E-state index is 0.123. The van der Waals surface area contributed by atoms with Gasteiger partial charge in [-0.3, -0.25) is 4.79 Å². The van der Waals surface area contributed by atoms with E-state index >= 15 is 0 Å². The van der Waals surface area contributed by atoms with E-state index in [-0.39, 0.29) is 17.5 Å². The number of nitrogens with one attached hydrogen (secondary N) is 2. The fraction of sp³-hybridized carbons (Fsp3) is 0.467. The molecule has 20 heavy (non-hydrogen) atoms. The highest BCUT2D eigenvalue weighted by Gasteiger charge is 2.42. The summed E-state index contributed by atoms with van der Waals surface area (Å²) in [6.07, 6.45) is 3.44. The van der Waals surface area contributed by atoms with Gasteiger partial charge in [0.15, 0.2) is 0 Å². The maximum Gasteiger partial charge on any atom is 0.241 e. The zero-order valence-electron chi connectivity index (χ0n) is 11.0. The van der Waals surface area contributed by atoms with Crippen LogP contribution in [-0.4, -0.2) is 18.5 Å². The van der Waals surface area contributed by atoms with Crippen LogP contribution >= 0.6 is 0 Å². The molecule has 1 aliphatic carbocycles. The second-order valence-corrected chi connectivity index (χ2v) is 5.53. The molecule has 0 radical (unpaired) electrons. The average Bonchev–Trinajstić information content (AvgIpc) is 3.03. The summed E-state index contributed by atoms with van der Waals surface area (Å²) >= 11 is 0. The molecule has 3 atom stereocenters. The Morgan fingerprint density at radius 1 is 1.45 bits per heavy atom. The van der Waals surface area contributed by atoms with Crippen LogP contribution in [0, 0.1) is 29.0 Å². The highest BCUT2D eigenvalue weighted by Crippen LogP contribution is 2.38. The van der Waals surface area contributed by atoms with E-state index in [1.165, 1.54) is 25.0 Å². The van der Waals surface area contributed by atoms with E-state index in [1.807, 2.05) is 6.07 Å². The Kier molecular flexibility index (Phi) is 3.41. The maximum atomic E-state index is 13.1. The van der Waals surface area contributed by atoms with Crippen LogP contribution in [0.25, 0.3) is 0 Å². The number of carbonyl (C=O) groups is 1. The lowest BCUT2D eigenvalue weighted by Crippen LogP contribution is -2.39. The minimum Gasteiger partial charge on any atom is -0.324 e. The van der Waals surface area contributed by atoms with Crippen molar-refractivity contribution in [3.8, 4) is 6.07 Å². The molecule has 4 nitrogen and oxygen atoms in total. The monoisotopic (exact) mass is 273 g/mol. The second-order valence-electron chi connectivity index (χ2n) is 5.53. The van der Waals surface area contributed by atoms with Gasteiger partial charge in [0.25, 0.3) is 0 Å². The van der Waals surface area contributed by atoms with Gasteiger partial charge < -0.3 is 10.6 Å². The molecule has 0 spiro atoms. The zero-order valence-corrected chi connectivity index (χ0v) is 11.0. The van der Waals surface area contributed by atoms with Gasteiger partial charge in [-0.25, -0.2) is 4.39 Å². The normalized spacial score (nSPS) is 27.9. The second kappa shape index (κ2) is 5.22. The summed E-state index contributed by atoms with van der Waals surface area (Å²) in [6.45, 7) is 0.886. The van der Waals surface area contributed by atoms with Crippen LogP contribution in [-0.2, 0) is 4.79 Å². The molecule has 1 saturated carbocycles. The van der Waals surface area contributed by atoms with Crippen molar-refractivity contribution in [2.45, 2.75) is 25.3 Å². The van der Waals surface area contributed by atoms with Gasteiger partial charge in [0.05, 0.1) is 17.3 Å². The number of anilines is 1. The Bertz CT molecular complexity index is 581. The third-order valence-corrected chi connectivity index (χ3v) is 4.39. The zero-order chi connectivity index (χ0) is 14.1. The van der Waals surface area contributed by atoms with Gasteiger partial charge in [-0.2, -0.15) is 5.26 Å². The molecule has 1 amide bonds. The first-order valence-electron chi connectivity index (χ1n) is 6.93. The third-order valence-electron chi connectivity index (χ3n) is 4.39. The van der Waals surface area contributed by atoms with Crippen LogP contribution in [0.1, 0.15) is 24.8 Å². The average molecular weight is 273 g/mol. The van der Waals surface area contributed by atoms with Crippen molar-refractivity contribution in [2.75, 3.05) is 11.9 Å². The summed E-state index contributed by atoms with van der Waals surface area (Å²) < 4.78 is 13.1. The molecular formula is C15H16FN3O. The van der Waals surface area contributed by atoms with Crippen molar-refractivity contribution in [3.63, 3.8) is 0 Å². The fourth-order valence-corrected chi connectivity index (χ4v) is 3.40. The van der Waals surface area contributed by atoms with Crippen molar-refractivity contribution in [2.24, 2.45) is 11.8 Å². The number of hydrogen-bond acceptors (Lipinski definition) is 3. The molecular weight excluding hydrogens is 257 g/mol. The van der Waals surface area contributed by atoms with Gasteiger partial charge in [-0.05, 0) is 49.4 Å². The molecule has 0 bridgehead atoms. The van der Waals surface area contributed by atoms with E-state index in [0.717, 1.165) is 19.0 Å². The lowest BCUT2D eigenvalue weighted by molar-refractivity contribution is -0.118. The number of fused-ring (bicyclic) bond motifs is 1. The molecule has 2 fully saturated rings. The van der Waals surface area contributed by atoms with Gasteiger partial charge in [0, 0.05) is 0 Å². The molecule has 2 aliphatic rings. The number of benzene rings is 1. The molecule has 5 heteroatoms. The van der Waals surface area contributed by atoms with Crippen molar-refractivity contribution in [1.29, 1.82) is 5.26 Å². The van der Waals surface area contributed by atoms with Crippen molar-refractivity contribution in [1.82, 2.24) is 5.32 Å². The van der Waals surface area contributed by atoms with Gasteiger partial charge >= 0.3 is 0 Å². The number of rotatable bonds is 2. The molecule has 1 saturated heterocycles. The Morgan fingerprint density at radius 3 is 3.10 bits per heavy atom. The predicted octanol–water partition coefficient (Wildman–Crippen LogP) is 2.02. The Morgan fingerprint density at radius 2 is 2.30 bits per heavy atom. The van der Waals surface area contributed by atoms with Gasteiger partial charge in [0.2, 0.25) is 5.91 Å². The van der Waals surface area contributed by atoms with E-state index in [0.29, 0.717) is 17.5 Å². The smallest absolute Gasteiger partial charge is 0.241 e. The summed E-state index contributed by atoms with van der Waals surface area (Å²) in [6, 6.07) is 5.53. The molecule has 3 unspecified atom stereocenters. The van der Waals surface area contributed by atoms with E-state index < -0.39 is 5.82 Å². The van der Waals surface area contributed by atoms with Crippen LogP contribution < -0.4 is 10.6 Å². The first kappa shape index (κ1) is 13.1. The van der Waals surface area contributed by atoms with E-state index in [4.69, 9.17) is 5.26 Å². The number of nitriles is 1. The third kappa shape index (κ3) is 2.27. The first-order valence-corrected chi connectivity index (χ1v) is 6.93. The molecule has 1 heterocycles. The molecule has 1 aliphatic heterocycles. The number of hydrogen-bond donors (Lipinski definition) is 2. The highest BCUT2D eigenvalue weighted by molar-refractivity contribution is 5.96. The quantitative estimate of drug-likeness (QED) is 0.866. The molecule has 104 valence electrons.